The zero-order valence-corrected chi connectivity index (χ0v) is 17.3. The number of amides is 2. The fraction of sp³-hybridized carbons (Fsp3) is 0.120. The Bertz CT molecular complexity index is 1170. The molecule has 0 aliphatic carbocycles. The van der Waals surface area contributed by atoms with Crippen LogP contribution in [0.5, 0.6) is 0 Å². The van der Waals surface area contributed by atoms with Gasteiger partial charge in [-0.15, -0.1) is 0 Å². The van der Waals surface area contributed by atoms with Crippen molar-refractivity contribution in [1.82, 2.24) is 0 Å². The number of aryl methyl sites for hydroxylation is 1. The number of benzene rings is 3. The van der Waals surface area contributed by atoms with Gasteiger partial charge in [0, 0.05) is 10.6 Å². The highest BCUT2D eigenvalue weighted by molar-refractivity contribution is 8.04. The summed E-state index contributed by atoms with van der Waals surface area (Å²) in [4.78, 5) is 29.8. The molecule has 0 saturated carbocycles. The molecule has 2 amide bonds. The second-order valence-corrected chi connectivity index (χ2v) is 8.35. The standard InChI is InChI=1S/C25H20N2O2S/c1-2-16-12-14-18(15-13-16)27-24(28)21-22(17-8-4-3-5-9-17)26-19-10-6-7-11-20(19)30-23(21)25(27)29/h3-15,22,26H,2H2,1H3/t22-/m1/s1. The quantitative estimate of drug-likeness (QED) is 0.591. The fourth-order valence-electron chi connectivity index (χ4n) is 3.90. The molecular formula is C25H20N2O2S. The highest BCUT2D eigenvalue weighted by Gasteiger charge is 2.45. The molecule has 0 saturated heterocycles. The summed E-state index contributed by atoms with van der Waals surface area (Å²) in [5, 5.41) is 3.51. The van der Waals surface area contributed by atoms with Crippen molar-refractivity contribution in [1.29, 1.82) is 0 Å². The Morgan fingerprint density at radius 3 is 2.30 bits per heavy atom. The Morgan fingerprint density at radius 1 is 0.867 bits per heavy atom. The zero-order chi connectivity index (χ0) is 20.7. The van der Waals surface area contributed by atoms with E-state index in [-0.39, 0.29) is 11.8 Å². The van der Waals surface area contributed by atoms with Crippen LogP contribution in [0.4, 0.5) is 11.4 Å². The molecule has 0 aromatic heterocycles. The van der Waals surface area contributed by atoms with Crippen LogP contribution in [0.15, 0.2) is 94.2 Å². The minimum absolute atomic E-state index is 0.260. The number of imide groups is 1. The van der Waals surface area contributed by atoms with Crippen LogP contribution in [0.3, 0.4) is 0 Å². The third-order valence-electron chi connectivity index (χ3n) is 5.50. The van der Waals surface area contributed by atoms with Gasteiger partial charge in [0.05, 0.1) is 22.2 Å². The van der Waals surface area contributed by atoms with E-state index in [0.29, 0.717) is 16.2 Å². The molecular weight excluding hydrogens is 392 g/mol. The zero-order valence-electron chi connectivity index (χ0n) is 16.5. The van der Waals surface area contributed by atoms with E-state index < -0.39 is 6.04 Å². The first kappa shape index (κ1) is 18.7. The average Bonchev–Trinajstić information content (AvgIpc) is 2.93. The smallest absolute Gasteiger partial charge is 0.272 e. The summed E-state index contributed by atoms with van der Waals surface area (Å²) in [7, 11) is 0. The van der Waals surface area contributed by atoms with Gasteiger partial charge in [-0.05, 0) is 41.8 Å². The van der Waals surface area contributed by atoms with E-state index in [4.69, 9.17) is 0 Å². The van der Waals surface area contributed by atoms with E-state index in [9.17, 15) is 9.59 Å². The maximum absolute atomic E-state index is 13.6. The molecule has 1 atom stereocenters. The fourth-order valence-corrected chi connectivity index (χ4v) is 5.00. The van der Waals surface area contributed by atoms with Gasteiger partial charge in [0.15, 0.2) is 0 Å². The monoisotopic (exact) mass is 412 g/mol. The summed E-state index contributed by atoms with van der Waals surface area (Å²) in [6, 6.07) is 24.9. The number of fused-ring (bicyclic) bond motifs is 1. The number of nitrogens with zero attached hydrogens (tertiary/aromatic N) is 1. The van der Waals surface area contributed by atoms with Crippen molar-refractivity contribution < 1.29 is 9.59 Å². The van der Waals surface area contributed by atoms with Crippen LogP contribution in [0, 0.1) is 0 Å². The number of carbonyl (C=O) groups is 2. The summed E-state index contributed by atoms with van der Waals surface area (Å²) >= 11 is 1.37. The Balaban J connectivity index is 1.63. The molecule has 5 heteroatoms. The van der Waals surface area contributed by atoms with E-state index in [2.05, 4.69) is 12.2 Å². The van der Waals surface area contributed by atoms with Crippen LogP contribution in [0.25, 0.3) is 0 Å². The van der Waals surface area contributed by atoms with Crippen molar-refractivity contribution in [3.63, 3.8) is 0 Å². The van der Waals surface area contributed by atoms with Crippen LogP contribution in [0.2, 0.25) is 0 Å². The second kappa shape index (κ2) is 7.50. The van der Waals surface area contributed by atoms with Crippen molar-refractivity contribution in [3.8, 4) is 0 Å². The Morgan fingerprint density at radius 2 is 1.57 bits per heavy atom. The SMILES string of the molecule is CCc1ccc(N2C(=O)C3=C(C2=O)[C@@H](c2ccccc2)Nc2ccccc2S3)cc1. The predicted molar refractivity (Wildman–Crippen MR) is 120 cm³/mol. The molecule has 1 N–H and O–H groups in total. The number of para-hydroxylation sites is 1. The van der Waals surface area contributed by atoms with E-state index >= 15 is 0 Å². The molecule has 2 aliphatic rings. The maximum atomic E-state index is 13.6. The average molecular weight is 413 g/mol. The molecule has 30 heavy (non-hydrogen) atoms. The summed E-state index contributed by atoms with van der Waals surface area (Å²) < 4.78 is 0. The summed E-state index contributed by atoms with van der Waals surface area (Å²) in [6.45, 7) is 2.08. The molecule has 2 aliphatic heterocycles. The first-order valence-corrected chi connectivity index (χ1v) is 10.8. The van der Waals surface area contributed by atoms with E-state index in [0.717, 1.165) is 22.6 Å². The van der Waals surface area contributed by atoms with Crippen molar-refractivity contribution in [2.24, 2.45) is 0 Å². The van der Waals surface area contributed by atoms with E-state index in [1.807, 2.05) is 78.9 Å². The largest absolute Gasteiger partial charge is 0.373 e. The minimum atomic E-state index is -0.395. The van der Waals surface area contributed by atoms with Crippen molar-refractivity contribution in [2.45, 2.75) is 24.3 Å². The third-order valence-corrected chi connectivity index (χ3v) is 6.67. The molecule has 148 valence electrons. The first-order valence-electron chi connectivity index (χ1n) is 9.97. The number of nitrogens with one attached hydrogen (secondary N) is 1. The molecule has 0 fully saturated rings. The molecule has 5 rings (SSSR count). The Labute approximate surface area is 179 Å². The molecule has 0 bridgehead atoms. The molecule has 0 unspecified atom stereocenters. The number of anilines is 2. The molecule has 4 nitrogen and oxygen atoms in total. The molecule has 0 radical (unpaired) electrons. The van der Waals surface area contributed by atoms with Crippen LogP contribution < -0.4 is 10.2 Å². The van der Waals surface area contributed by atoms with Gasteiger partial charge < -0.3 is 5.32 Å². The minimum Gasteiger partial charge on any atom is -0.373 e. The highest BCUT2D eigenvalue weighted by atomic mass is 32.2. The van der Waals surface area contributed by atoms with Gasteiger partial charge in [-0.3, -0.25) is 9.59 Å². The summed E-state index contributed by atoms with van der Waals surface area (Å²) in [6.07, 6.45) is 0.906. The maximum Gasteiger partial charge on any atom is 0.272 e. The highest BCUT2D eigenvalue weighted by Crippen LogP contribution is 2.47. The lowest BCUT2D eigenvalue weighted by molar-refractivity contribution is -0.120. The Kier molecular flexibility index (Phi) is 4.68. The third kappa shape index (κ3) is 3.02. The molecule has 3 aromatic carbocycles. The van der Waals surface area contributed by atoms with Crippen molar-refractivity contribution in [2.75, 3.05) is 10.2 Å². The lowest BCUT2D eigenvalue weighted by atomic mass is 9.98. The van der Waals surface area contributed by atoms with Gasteiger partial charge in [-0.25, -0.2) is 4.90 Å². The van der Waals surface area contributed by atoms with Crippen molar-refractivity contribution >= 4 is 35.0 Å². The predicted octanol–water partition coefficient (Wildman–Crippen LogP) is 5.34. The van der Waals surface area contributed by atoms with Gasteiger partial charge >= 0.3 is 0 Å². The lowest BCUT2D eigenvalue weighted by Crippen LogP contribution is -2.33. The number of hydrogen-bond acceptors (Lipinski definition) is 4. The first-order chi connectivity index (χ1) is 14.7. The second-order valence-electron chi connectivity index (χ2n) is 7.29. The van der Waals surface area contributed by atoms with E-state index in [1.165, 1.54) is 22.2 Å². The summed E-state index contributed by atoms with van der Waals surface area (Å²) in [5.41, 5.74) is 4.15. The van der Waals surface area contributed by atoms with Crippen LogP contribution in [0.1, 0.15) is 24.1 Å². The lowest BCUT2D eigenvalue weighted by Gasteiger charge is -2.22. The van der Waals surface area contributed by atoms with Gasteiger partial charge in [0.25, 0.3) is 11.8 Å². The molecule has 3 aromatic rings. The molecule has 0 spiro atoms. The molecule has 2 heterocycles. The van der Waals surface area contributed by atoms with Crippen LogP contribution in [-0.4, -0.2) is 11.8 Å². The number of carbonyl (C=O) groups excluding carboxylic acids is 2. The van der Waals surface area contributed by atoms with Crippen LogP contribution >= 0.6 is 11.8 Å². The summed E-state index contributed by atoms with van der Waals surface area (Å²) in [5.74, 6) is -0.524. The van der Waals surface area contributed by atoms with E-state index in [1.54, 1.807) is 0 Å². The Hall–Kier alpha value is -3.31. The van der Waals surface area contributed by atoms with Gasteiger partial charge in [0.1, 0.15) is 0 Å². The van der Waals surface area contributed by atoms with Gasteiger partial charge in [-0.1, -0.05) is 73.3 Å². The van der Waals surface area contributed by atoms with Gasteiger partial charge in [-0.2, -0.15) is 0 Å². The van der Waals surface area contributed by atoms with Gasteiger partial charge in [0.2, 0.25) is 0 Å². The number of hydrogen-bond donors (Lipinski definition) is 1. The number of thioether (sulfide) groups is 1. The van der Waals surface area contributed by atoms with Crippen LogP contribution in [-0.2, 0) is 16.0 Å². The van der Waals surface area contributed by atoms with Crippen molar-refractivity contribution in [3.05, 3.63) is 100 Å². The number of rotatable bonds is 3. The normalized spacial score (nSPS) is 18.0. The topological polar surface area (TPSA) is 49.4 Å².